The van der Waals surface area contributed by atoms with Crippen molar-refractivity contribution >= 4 is 28.7 Å². The average molecular weight is 444 g/mol. The van der Waals surface area contributed by atoms with Crippen molar-refractivity contribution in [1.29, 1.82) is 0 Å². The van der Waals surface area contributed by atoms with Crippen LogP contribution in [0.1, 0.15) is 5.56 Å². The number of hydrogen-bond acceptors (Lipinski definition) is 8. The van der Waals surface area contributed by atoms with Gasteiger partial charge in [0, 0.05) is 45.1 Å². The zero-order chi connectivity index (χ0) is 22.5. The highest BCUT2D eigenvalue weighted by Crippen LogP contribution is 2.24. The number of piperazine rings is 1. The van der Waals surface area contributed by atoms with Crippen LogP contribution in [0.15, 0.2) is 61.3 Å². The standard InChI is InChI=1S/C23H25N9O/c33-20(15-18-5-2-1-3-6-18)24-9-10-32-22-19(16-29-32)21(27-17-28-22)30-11-13-31(14-12-30)23-25-7-4-8-26-23/h1-8,16-17H,9-15H2,(H,24,33). The molecule has 0 saturated carbocycles. The highest BCUT2D eigenvalue weighted by molar-refractivity contribution is 5.86. The molecular weight excluding hydrogens is 418 g/mol. The summed E-state index contributed by atoms with van der Waals surface area (Å²) in [5, 5.41) is 8.38. The molecule has 0 radical (unpaired) electrons. The Morgan fingerprint density at radius 2 is 1.67 bits per heavy atom. The molecule has 168 valence electrons. The Hall–Kier alpha value is -4.08. The lowest BCUT2D eigenvalue weighted by Gasteiger charge is -2.35. The second-order valence-electron chi connectivity index (χ2n) is 7.84. The summed E-state index contributed by atoms with van der Waals surface area (Å²) in [5.74, 6) is 1.63. The van der Waals surface area contributed by atoms with Crippen LogP contribution in [-0.2, 0) is 17.8 Å². The van der Waals surface area contributed by atoms with Crippen LogP contribution in [0.2, 0.25) is 0 Å². The maximum atomic E-state index is 12.2. The summed E-state index contributed by atoms with van der Waals surface area (Å²) in [6.45, 7) is 4.28. The Balaban J connectivity index is 1.20. The highest BCUT2D eigenvalue weighted by Gasteiger charge is 2.22. The number of hydrogen-bond donors (Lipinski definition) is 1. The molecule has 10 nitrogen and oxygen atoms in total. The number of carbonyl (C=O) groups is 1. The molecule has 10 heteroatoms. The number of carbonyl (C=O) groups excluding carboxylic acids is 1. The zero-order valence-electron chi connectivity index (χ0n) is 18.2. The smallest absolute Gasteiger partial charge is 0.225 e. The second-order valence-corrected chi connectivity index (χ2v) is 7.84. The van der Waals surface area contributed by atoms with Gasteiger partial charge in [-0.3, -0.25) is 4.79 Å². The molecule has 5 rings (SSSR count). The van der Waals surface area contributed by atoms with E-state index in [4.69, 9.17) is 0 Å². The van der Waals surface area contributed by atoms with Crippen molar-refractivity contribution in [2.45, 2.75) is 13.0 Å². The van der Waals surface area contributed by atoms with Crippen molar-refractivity contribution < 1.29 is 4.79 Å². The number of amides is 1. The van der Waals surface area contributed by atoms with Crippen LogP contribution in [0, 0.1) is 0 Å². The summed E-state index contributed by atoms with van der Waals surface area (Å²) >= 11 is 0. The molecule has 3 aromatic heterocycles. The van der Waals surface area contributed by atoms with Gasteiger partial charge in [-0.1, -0.05) is 30.3 Å². The maximum absolute atomic E-state index is 12.2. The molecule has 4 aromatic rings. The third-order valence-electron chi connectivity index (χ3n) is 5.68. The van der Waals surface area contributed by atoms with Crippen LogP contribution in [0.3, 0.4) is 0 Å². The molecular formula is C23H25N9O. The molecule has 0 aliphatic carbocycles. The summed E-state index contributed by atoms with van der Waals surface area (Å²) in [4.78, 5) is 34.3. The number of nitrogens with one attached hydrogen (secondary N) is 1. The average Bonchev–Trinajstić information content (AvgIpc) is 3.28. The molecule has 1 fully saturated rings. The van der Waals surface area contributed by atoms with Gasteiger partial charge in [0.2, 0.25) is 11.9 Å². The first-order valence-electron chi connectivity index (χ1n) is 11.0. The van der Waals surface area contributed by atoms with Gasteiger partial charge < -0.3 is 15.1 Å². The van der Waals surface area contributed by atoms with Crippen molar-refractivity contribution in [2.24, 2.45) is 0 Å². The van der Waals surface area contributed by atoms with E-state index in [2.05, 4.69) is 40.2 Å². The number of benzene rings is 1. The summed E-state index contributed by atoms with van der Waals surface area (Å²) in [6, 6.07) is 11.5. The van der Waals surface area contributed by atoms with Crippen LogP contribution >= 0.6 is 0 Å². The maximum Gasteiger partial charge on any atom is 0.225 e. The van der Waals surface area contributed by atoms with Gasteiger partial charge in [-0.2, -0.15) is 5.10 Å². The predicted molar refractivity (Wildman–Crippen MR) is 125 cm³/mol. The first-order valence-corrected chi connectivity index (χ1v) is 11.0. The lowest BCUT2D eigenvalue weighted by atomic mass is 10.1. The Morgan fingerprint density at radius 1 is 0.909 bits per heavy atom. The van der Waals surface area contributed by atoms with Crippen LogP contribution in [0.25, 0.3) is 11.0 Å². The third-order valence-corrected chi connectivity index (χ3v) is 5.68. The Bertz CT molecular complexity index is 1200. The van der Waals surface area contributed by atoms with Gasteiger partial charge in [0.1, 0.15) is 12.1 Å². The SMILES string of the molecule is O=C(Cc1ccccc1)NCCn1ncc2c(N3CCN(c4ncccn4)CC3)ncnc21. The van der Waals surface area contributed by atoms with Gasteiger partial charge in [-0.25, -0.2) is 24.6 Å². The molecule has 33 heavy (non-hydrogen) atoms. The normalized spacial score (nSPS) is 13.9. The Morgan fingerprint density at radius 3 is 2.45 bits per heavy atom. The van der Waals surface area contributed by atoms with Crippen molar-refractivity contribution in [3.05, 3.63) is 66.9 Å². The monoisotopic (exact) mass is 443 g/mol. The van der Waals surface area contributed by atoms with E-state index in [1.165, 1.54) is 0 Å². The largest absolute Gasteiger partial charge is 0.354 e. The lowest BCUT2D eigenvalue weighted by Crippen LogP contribution is -2.47. The number of nitrogens with zero attached hydrogens (tertiary/aromatic N) is 8. The number of aromatic nitrogens is 6. The van der Waals surface area contributed by atoms with Gasteiger partial charge in [0.15, 0.2) is 5.65 Å². The molecule has 1 aromatic carbocycles. The molecule has 0 spiro atoms. The number of fused-ring (bicyclic) bond motifs is 1. The van der Waals surface area contributed by atoms with E-state index in [0.717, 1.165) is 54.5 Å². The first-order chi connectivity index (χ1) is 16.3. The summed E-state index contributed by atoms with van der Waals surface area (Å²) in [5.41, 5.74) is 1.77. The Labute approximate surface area is 191 Å². The number of rotatable bonds is 7. The van der Waals surface area contributed by atoms with Crippen molar-refractivity contribution in [3.8, 4) is 0 Å². The predicted octanol–water partition coefficient (Wildman–Crippen LogP) is 1.30. The van der Waals surface area contributed by atoms with Crippen LogP contribution in [0.5, 0.6) is 0 Å². The van der Waals surface area contributed by atoms with E-state index in [1.54, 1.807) is 18.7 Å². The van der Waals surface area contributed by atoms with Crippen molar-refractivity contribution in [1.82, 2.24) is 35.0 Å². The van der Waals surface area contributed by atoms with Crippen LogP contribution < -0.4 is 15.1 Å². The minimum atomic E-state index is -0.00626. The van der Waals surface area contributed by atoms with E-state index in [-0.39, 0.29) is 5.91 Å². The molecule has 1 amide bonds. The first kappa shape index (κ1) is 20.8. The van der Waals surface area contributed by atoms with Crippen LogP contribution in [-0.4, -0.2) is 68.3 Å². The van der Waals surface area contributed by atoms with Crippen molar-refractivity contribution in [3.63, 3.8) is 0 Å². The van der Waals surface area contributed by atoms with Gasteiger partial charge >= 0.3 is 0 Å². The van der Waals surface area contributed by atoms with E-state index < -0.39 is 0 Å². The van der Waals surface area contributed by atoms with Gasteiger partial charge in [-0.05, 0) is 11.6 Å². The topological polar surface area (TPSA) is 105 Å². The van der Waals surface area contributed by atoms with E-state index in [0.29, 0.717) is 19.5 Å². The Kier molecular flexibility index (Phi) is 6.05. The van der Waals surface area contributed by atoms with E-state index in [1.807, 2.05) is 47.3 Å². The molecule has 0 bridgehead atoms. The fourth-order valence-corrected chi connectivity index (χ4v) is 4.01. The third kappa shape index (κ3) is 4.74. The van der Waals surface area contributed by atoms with Crippen LogP contribution in [0.4, 0.5) is 11.8 Å². The molecule has 1 aliphatic rings. The molecule has 1 saturated heterocycles. The van der Waals surface area contributed by atoms with Gasteiger partial charge in [0.05, 0.1) is 24.5 Å². The minimum absolute atomic E-state index is 0.00626. The summed E-state index contributed by atoms with van der Waals surface area (Å²) in [7, 11) is 0. The molecule has 1 N–H and O–H groups in total. The molecule has 1 aliphatic heterocycles. The fourth-order valence-electron chi connectivity index (χ4n) is 4.01. The van der Waals surface area contributed by atoms with E-state index in [9.17, 15) is 4.79 Å². The lowest BCUT2D eigenvalue weighted by molar-refractivity contribution is -0.120. The van der Waals surface area contributed by atoms with Crippen molar-refractivity contribution in [2.75, 3.05) is 42.5 Å². The molecule has 4 heterocycles. The highest BCUT2D eigenvalue weighted by atomic mass is 16.1. The molecule has 0 unspecified atom stereocenters. The molecule has 0 atom stereocenters. The summed E-state index contributed by atoms with van der Waals surface area (Å²) < 4.78 is 1.82. The van der Waals surface area contributed by atoms with Gasteiger partial charge in [0.25, 0.3) is 0 Å². The minimum Gasteiger partial charge on any atom is -0.354 e. The van der Waals surface area contributed by atoms with Gasteiger partial charge in [-0.15, -0.1) is 0 Å². The fraction of sp³-hybridized carbons (Fsp3) is 0.304. The second kappa shape index (κ2) is 9.60. The number of anilines is 2. The van der Waals surface area contributed by atoms with E-state index >= 15 is 0 Å². The quantitative estimate of drug-likeness (QED) is 0.456. The summed E-state index contributed by atoms with van der Waals surface area (Å²) in [6.07, 6.45) is 7.29. The zero-order valence-corrected chi connectivity index (χ0v) is 18.2.